The van der Waals surface area contributed by atoms with E-state index in [0.717, 1.165) is 32.1 Å². The highest BCUT2D eigenvalue weighted by atomic mass is 32.2. The molecule has 4 bridgehead atoms. The number of rotatable bonds is 6. The highest BCUT2D eigenvalue weighted by Gasteiger charge is 2.57. The zero-order valence-electron chi connectivity index (χ0n) is 13.2. The molecule has 0 aliphatic heterocycles. The molecule has 2 atom stereocenters. The third kappa shape index (κ3) is 3.17. The molecule has 0 saturated heterocycles. The largest absolute Gasteiger partial charge is 0.465 e. The number of hydrogen-bond donors (Lipinski definition) is 2. The Hall–Kier alpha value is -0.800. The molecule has 138 valence electrons. The summed E-state index contributed by atoms with van der Waals surface area (Å²) in [7, 11) is -5.82. The second-order valence-electron chi connectivity index (χ2n) is 7.92. The Morgan fingerprint density at radius 2 is 1.79 bits per heavy atom. The number of hydrogen-bond acceptors (Lipinski definition) is 5. The van der Waals surface area contributed by atoms with Gasteiger partial charge in [-0.2, -0.15) is 17.2 Å². The van der Waals surface area contributed by atoms with E-state index in [4.69, 9.17) is 4.55 Å². The maximum Gasteiger partial charge on any atom is 0.465 e. The van der Waals surface area contributed by atoms with Crippen LogP contribution in [0.2, 0.25) is 0 Å². The fourth-order valence-corrected chi connectivity index (χ4v) is 5.77. The van der Waals surface area contributed by atoms with Crippen LogP contribution in [0, 0.1) is 17.3 Å². The summed E-state index contributed by atoms with van der Waals surface area (Å²) < 4.78 is 59.8. The average Bonchev–Trinajstić information content (AvgIpc) is 2.39. The van der Waals surface area contributed by atoms with Gasteiger partial charge >= 0.3 is 21.3 Å². The molecule has 2 unspecified atom stereocenters. The van der Waals surface area contributed by atoms with E-state index in [2.05, 4.69) is 4.74 Å². The van der Waals surface area contributed by atoms with Crippen molar-refractivity contribution in [3.05, 3.63) is 0 Å². The Morgan fingerprint density at radius 3 is 2.29 bits per heavy atom. The van der Waals surface area contributed by atoms with Crippen molar-refractivity contribution in [3.63, 3.8) is 0 Å². The summed E-state index contributed by atoms with van der Waals surface area (Å²) in [6.07, 6.45) is 6.47. The fourth-order valence-electron chi connectivity index (χ4n) is 5.50. The molecule has 0 aromatic carbocycles. The van der Waals surface area contributed by atoms with E-state index in [1.165, 1.54) is 0 Å². The van der Waals surface area contributed by atoms with Crippen LogP contribution in [0.25, 0.3) is 0 Å². The smallest absolute Gasteiger partial charge is 0.460 e. The quantitative estimate of drug-likeness (QED) is 0.423. The Balaban J connectivity index is 1.52. The van der Waals surface area contributed by atoms with Crippen molar-refractivity contribution in [3.8, 4) is 0 Å². The Morgan fingerprint density at radius 1 is 1.21 bits per heavy atom. The van der Waals surface area contributed by atoms with Gasteiger partial charge in [-0.3, -0.25) is 4.55 Å². The van der Waals surface area contributed by atoms with Crippen molar-refractivity contribution >= 4 is 16.1 Å². The van der Waals surface area contributed by atoms with E-state index in [-0.39, 0.29) is 12.0 Å². The van der Waals surface area contributed by atoms with Gasteiger partial charge in [-0.25, -0.2) is 4.79 Å². The van der Waals surface area contributed by atoms with Gasteiger partial charge in [0.25, 0.3) is 0 Å². The molecule has 0 aromatic rings. The summed E-state index contributed by atoms with van der Waals surface area (Å²) >= 11 is 0. The van der Waals surface area contributed by atoms with Gasteiger partial charge in [0.2, 0.25) is 0 Å². The first-order chi connectivity index (χ1) is 10.9. The van der Waals surface area contributed by atoms with Crippen LogP contribution < -0.4 is 0 Å². The Labute approximate surface area is 139 Å². The normalized spacial score (nSPS) is 38.3. The molecule has 4 aliphatic carbocycles. The first kappa shape index (κ1) is 18.0. The Kier molecular flexibility index (Phi) is 4.20. The van der Waals surface area contributed by atoms with Crippen molar-refractivity contribution in [2.24, 2.45) is 17.3 Å². The van der Waals surface area contributed by atoms with Crippen LogP contribution in [0.5, 0.6) is 0 Å². The number of esters is 1. The molecular formula is C15H22F2O6S. The predicted octanol–water partition coefficient (Wildman–Crippen LogP) is 2.12. The van der Waals surface area contributed by atoms with E-state index < -0.39 is 26.9 Å². The van der Waals surface area contributed by atoms with Gasteiger partial charge in [0.1, 0.15) is 0 Å². The third-order valence-electron chi connectivity index (χ3n) is 5.80. The minimum atomic E-state index is -5.82. The van der Waals surface area contributed by atoms with E-state index in [1.807, 2.05) is 0 Å². The predicted molar refractivity (Wildman–Crippen MR) is 78.8 cm³/mol. The van der Waals surface area contributed by atoms with E-state index in [9.17, 15) is 27.1 Å². The molecule has 0 aromatic heterocycles. The molecule has 0 amide bonds. The summed E-state index contributed by atoms with van der Waals surface area (Å²) in [6.45, 7) is -0.334. The average molecular weight is 368 g/mol. The minimum absolute atomic E-state index is 0.0309. The molecule has 4 saturated carbocycles. The highest BCUT2D eigenvalue weighted by molar-refractivity contribution is 7.87. The summed E-state index contributed by atoms with van der Waals surface area (Å²) in [5, 5.41) is 5.69. The van der Waals surface area contributed by atoms with Gasteiger partial charge in [0.15, 0.2) is 0 Å². The zero-order chi connectivity index (χ0) is 17.8. The van der Waals surface area contributed by atoms with Gasteiger partial charge in [0, 0.05) is 0 Å². The molecule has 0 heterocycles. The molecule has 24 heavy (non-hydrogen) atoms. The second-order valence-corrected chi connectivity index (χ2v) is 9.38. The Bertz CT molecular complexity index is 618. The molecule has 9 heteroatoms. The van der Waals surface area contributed by atoms with Gasteiger partial charge in [-0.1, -0.05) is 0 Å². The van der Waals surface area contributed by atoms with Crippen LogP contribution in [-0.4, -0.2) is 41.5 Å². The SMILES string of the molecule is O=C(OCCCC12CC3CC(CC(O)(C3)C1)C2)C(F)(F)S(=O)(=O)O. The fraction of sp³-hybridized carbons (Fsp3) is 0.933. The van der Waals surface area contributed by atoms with Crippen molar-refractivity contribution in [1.82, 2.24) is 0 Å². The molecule has 6 nitrogen and oxygen atoms in total. The second kappa shape index (κ2) is 5.60. The monoisotopic (exact) mass is 368 g/mol. The van der Waals surface area contributed by atoms with E-state index in [0.29, 0.717) is 31.1 Å². The van der Waals surface area contributed by atoms with E-state index in [1.54, 1.807) is 0 Å². The highest BCUT2D eigenvalue weighted by Crippen LogP contribution is 2.63. The first-order valence-electron chi connectivity index (χ1n) is 8.19. The lowest BCUT2D eigenvalue weighted by atomic mass is 9.47. The van der Waals surface area contributed by atoms with Crippen molar-refractivity contribution in [2.75, 3.05) is 6.61 Å². The van der Waals surface area contributed by atoms with Gasteiger partial charge < -0.3 is 9.84 Å². The van der Waals surface area contributed by atoms with Crippen LogP contribution in [-0.2, 0) is 19.6 Å². The van der Waals surface area contributed by atoms with Crippen LogP contribution in [0.1, 0.15) is 51.4 Å². The number of aliphatic hydroxyl groups is 1. The van der Waals surface area contributed by atoms with Crippen molar-refractivity contribution in [1.29, 1.82) is 0 Å². The minimum Gasteiger partial charge on any atom is -0.460 e. The van der Waals surface area contributed by atoms with Gasteiger partial charge in [0.05, 0.1) is 12.2 Å². The summed E-state index contributed by atoms with van der Waals surface area (Å²) in [5.41, 5.74) is -0.643. The molecule has 4 aliphatic rings. The van der Waals surface area contributed by atoms with Crippen LogP contribution in [0.15, 0.2) is 0 Å². The third-order valence-corrected chi connectivity index (χ3v) is 6.61. The van der Waals surface area contributed by atoms with Crippen LogP contribution in [0.3, 0.4) is 0 Å². The zero-order valence-corrected chi connectivity index (χ0v) is 14.0. The standard InChI is InChI=1S/C15H22F2O6S/c16-15(17,24(20,21)22)12(18)23-3-1-2-13-5-10-4-11(6-13)8-14(19,7-10)9-13/h10-11,19H,1-9H2,(H,20,21,22). The summed E-state index contributed by atoms with van der Waals surface area (Å²) in [4.78, 5) is 11.1. The number of carbonyl (C=O) groups excluding carboxylic acids is 1. The lowest BCUT2D eigenvalue weighted by molar-refractivity contribution is -0.170. The molecule has 4 rings (SSSR count). The molecular weight excluding hydrogens is 346 g/mol. The van der Waals surface area contributed by atoms with Gasteiger partial charge in [-0.05, 0) is 68.6 Å². The topological polar surface area (TPSA) is 101 Å². The van der Waals surface area contributed by atoms with Crippen molar-refractivity contribution < 1.29 is 36.4 Å². The number of alkyl halides is 2. The van der Waals surface area contributed by atoms with E-state index >= 15 is 0 Å². The molecule has 4 fully saturated rings. The van der Waals surface area contributed by atoms with Gasteiger partial charge in [-0.15, -0.1) is 0 Å². The maximum atomic E-state index is 13.1. The lowest BCUT2D eigenvalue weighted by Gasteiger charge is -2.60. The molecule has 2 N–H and O–H groups in total. The molecule has 0 spiro atoms. The summed E-state index contributed by atoms with van der Waals surface area (Å²) in [6, 6.07) is 0. The first-order valence-corrected chi connectivity index (χ1v) is 9.63. The maximum absolute atomic E-state index is 13.1. The molecule has 0 radical (unpaired) electrons. The van der Waals surface area contributed by atoms with Crippen molar-refractivity contribution in [2.45, 2.75) is 62.2 Å². The van der Waals surface area contributed by atoms with Crippen LogP contribution in [0.4, 0.5) is 8.78 Å². The number of carbonyl (C=O) groups is 1. The lowest BCUT2D eigenvalue weighted by Crippen LogP contribution is -2.55. The van der Waals surface area contributed by atoms with Crippen LogP contribution >= 0.6 is 0 Å². The number of halogens is 2. The summed E-state index contributed by atoms with van der Waals surface area (Å²) in [5.74, 6) is -1.25. The number of ether oxygens (including phenoxy) is 1.